The van der Waals surface area contributed by atoms with Crippen molar-refractivity contribution in [3.05, 3.63) is 114 Å². The van der Waals surface area contributed by atoms with E-state index in [4.69, 9.17) is 0 Å². The van der Waals surface area contributed by atoms with Crippen molar-refractivity contribution in [1.82, 2.24) is 10.9 Å². The monoisotopic (exact) mass is 469 g/mol. The number of hydrogen-bond acceptors (Lipinski definition) is 4. The summed E-state index contributed by atoms with van der Waals surface area (Å²) < 4.78 is 27.8. The average molecular weight is 470 g/mol. The molecule has 0 bridgehead atoms. The zero-order valence-electron chi connectivity index (χ0n) is 18.5. The van der Waals surface area contributed by atoms with Gasteiger partial charge in [-0.25, -0.2) is 8.42 Å². The van der Waals surface area contributed by atoms with Crippen LogP contribution in [0.5, 0.6) is 0 Å². The second-order valence-corrected chi connectivity index (χ2v) is 9.96. The highest BCUT2D eigenvalue weighted by molar-refractivity contribution is 7.93. The molecule has 7 heteroatoms. The molecule has 0 atom stereocenters. The van der Waals surface area contributed by atoms with Crippen LogP contribution in [0, 0.1) is 0 Å². The van der Waals surface area contributed by atoms with Gasteiger partial charge in [0, 0.05) is 17.1 Å². The number of nitrogens with one attached hydrogen (secondary N) is 2. The van der Waals surface area contributed by atoms with Crippen molar-refractivity contribution in [2.24, 2.45) is 0 Å². The molecule has 6 nitrogen and oxygen atoms in total. The normalized spacial score (nSPS) is 14.3. The van der Waals surface area contributed by atoms with Gasteiger partial charge in [-0.15, -0.1) is 0 Å². The Kier molecular flexibility index (Phi) is 5.55. The topological polar surface area (TPSA) is 78.5 Å². The summed E-state index contributed by atoms with van der Waals surface area (Å²) in [6, 6.07) is 27.7. The lowest BCUT2D eigenvalue weighted by Gasteiger charge is -2.19. The summed E-state index contributed by atoms with van der Waals surface area (Å²) in [5.74, 6) is -0.283. The predicted octanol–water partition coefficient (Wildman–Crippen LogP) is 4.84. The highest BCUT2D eigenvalue weighted by Gasteiger charge is 2.35. The van der Waals surface area contributed by atoms with Crippen LogP contribution in [0.4, 0.5) is 5.69 Å². The van der Waals surface area contributed by atoms with E-state index in [1.54, 1.807) is 42.6 Å². The van der Waals surface area contributed by atoms with Crippen molar-refractivity contribution >= 4 is 38.0 Å². The smallest absolute Gasteiger partial charge is 0.269 e. The quantitative estimate of drug-likeness (QED) is 0.396. The molecule has 5 rings (SSSR count). The average Bonchev–Trinajstić information content (AvgIpc) is 3.08. The van der Waals surface area contributed by atoms with Crippen LogP contribution >= 0.6 is 0 Å². The summed E-state index contributed by atoms with van der Waals surface area (Å²) in [5.41, 5.74) is 9.48. The van der Waals surface area contributed by atoms with Crippen LogP contribution in [0.25, 0.3) is 16.3 Å². The Hall–Kier alpha value is -4.10. The maximum absolute atomic E-state index is 13.2. The second kappa shape index (κ2) is 8.68. The van der Waals surface area contributed by atoms with E-state index >= 15 is 0 Å². The van der Waals surface area contributed by atoms with Crippen molar-refractivity contribution in [2.75, 3.05) is 4.31 Å². The SMILES string of the molecule is C/C(=C/NNC(=O)c1ccc(CN2c3cccc4cccc(c34)S2(=O)=O)cc1)c1ccccc1. The number of anilines is 1. The lowest BCUT2D eigenvalue weighted by atomic mass is 10.1. The molecule has 0 aliphatic carbocycles. The van der Waals surface area contributed by atoms with Gasteiger partial charge in [0.25, 0.3) is 15.9 Å². The molecule has 170 valence electrons. The van der Waals surface area contributed by atoms with E-state index in [-0.39, 0.29) is 12.5 Å². The van der Waals surface area contributed by atoms with Gasteiger partial charge in [-0.1, -0.05) is 66.7 Å². The fourth-order valence-corrected chi connectivity index (χ4v) is 5.82. The molecule has 1 aliphatic rings. The summed E-state index contributed by atoms with van der Waals surface area (Å²) in [6.45, 7) is 2.14. The van der Waals surface area contributed by atoms with Crippen molar-refractivity contribution < 1.29 is 13.2 Å². The number of carbonyl (C=O) groups is 1. The van der Waals surface area contributed by atoms with Crippen molar-refractivity contribution in [3.63, 3.8) is 0 Å². The fourth-order valence-electron chi connectivity index (χ4n) is 4.12. The van der Waals surface area contributed by atoms with Crippen LogP contribution in [-0.4, -0.2) is 14.3 Å². The molecule has 0 saturated carbocycles. The molecule has 1 aliphatic heterocycles. The van der Waals surface area contributed by atoms with Crippen molar-refractivity contribution in [1.29, 1.82) is 0 Å². The Morgan fingerprint density at radius 2 is 1.56 bits per heavy atom. The molecule has 0 radical (unpaired) electrons. The third-order valence-electron chi connectivity index (χ3n) is 5.93. The minimum Gasteiger partial charge on any atom is -0.305 e. The molecule has 1 amide bonds. The van der Waals surface area contributed by atoms with E-state index in [0.29, 0.717) is 16.1 Å². The van der Waals surface area contributed by atoms with Crippen molar-refractivity contribution in [2.45, 2.75) is 18.4 Å². The van der Waals surface area contributed by atoms with Gasteiger partial charge < -0.3 is 5.43 Å². The summed E-state index contributed by atoms with van der Waals surface area (Å²) in [6.07, 6.45) is 1.73. The Bertz CT molecular complexity index is 1510. The number of hydrazine groups is 1. The zero-order valence-corrected chi connectivity index (χ0v) is 19.3. The number of sulfonamides is 1. The molecule has 4 aromatic rings. The summed E-state index contributed by atoms with van der Waals surface area (Å²) >= 11 is 0. The van der Waals surface area contributed by atoms with Gasteiger partial charge in [-0.05, 0) is 53.3 Å². The Balaban J connectivity index is 1.28. The highest BCUT2D eigenvalue weighted by atomic mass is 32.2. The van der Waals surface area contributed by atoms with E-state index in [2.05, 4.69) is 10.9 Å². The molecule has 4 aromatic carbocycles. The van der Waals surface area contributed by atoms with Gasteiger partial charge in [0.05, 0.1) is 17.1 Å². The minimum absolute atomic E-state index is 0.190. The second-order valence-electron chi connectivity index (χ2n) is 8.13. The lowest BCUT2D eigenvalue weighted by Crippen LogP contribution is -2.33. The molecular weight excluding hydrogens is 446 g/mol. The van der Waals surface area contributed by atoms with Gasteiger partial charge in [0.1, 0.15) is 0 Å². The molecule has 2 N–H and O–H groups in total. The number of nitrogens with zero attached hydrogens (tertiary/aromatic N) is 1. The summed E-state index contributed by atoms with van der Waals surface area (Å²) in [5, 5.41) is 1.66. The van der Waals surface area contributed by atoms with Gasteiger partial charge >= 0.3 is 0 Å². The van der Waals surface area contributed by atoms with Gasteiger partial charge in [0.15, 0.2) is 0 Å². The van der Waals surface area contributed by atoms with Crippen LogP contribution in [0.1, 0.15) is 28.4 Å². The number of carbonyl (C=O) groups excluding carboxylic acids is 1. The first-order chi connectivity index (χ1) is 16.4. The molecule has 1 heterocycles. The van der Waals surface area contributed by atoms with Crippen LogP contribution < -0.4 is 15.2 Å². The molecule has 0 spiro atoms. The molecule has 0 fully saturated rings. The highest BCUT2D eigenvalue weighted by Crippen LogP contribution is 2.42. The van der Waals surface area contributed by atoms with E-state index in [1.807, 2.05) is 61.5 Å². The molecule has 34 heavy (non-hydrogen) atoms. The molecular formula is C27H23N3O3S. The number of allylic oxidation sites excluding steroid dienone is 1. The number of benzene rings is 4. The van der Waals surface area contributed by atoms with Crippen LogP contribution in [-0.2, 0) is 16.6 Å². The van der Waals surface area contributed by atoms with E-state index in [9.17, 15) is 13.2 Å². The third-order valence-corrected chi connectivity index (χ3v) is 7.73. The number of rotatable bonds is 6. The third kappa shape index (κ3) is 3.91. The van der Waals surface area contributed by atoms with Gasteiger partial charge in [0.2, 0.25) is 0 Å². The number of hydrogen-bond donors (Lipinski definition) is 2. The van der Waals surface area contributed by atoms with E-state index < -0.39 is 10.0 Å². The number of amides is 1. The maximum atomic E-state index is 13.2. The largest absolute Gasteiger partial charge is 0.305 e. The minimum atomic E-state index is -3.63. The first kappa shape index (κ1) is 21.7. The summed E-state index contributed by atoms with van der Waals surface area (Å²) in [7, 11) is -3.63. The van der Waals surface area contributed by atoms with E-state index in [0.717, 1.165) is 27.5 Å². The maximum Gasteiger partial charge on any atom is 0.269 e. The van der Waals surface area contributed by atoms with Crippen LogP contribution in [0.15, 0.2) is 102 Å². The first-order valence-electron chi connectivity index (χ1n) is 10.9. The summed E-state index contributed by atoms with van der Waals surface area (Å²) in [4.78, 5) is 12.8. The van der Waals surface area contributed by atoms with Gasteiger partial charge in [-0.3, -0.25) is 14.5 Å². The van der Waals surface area contributed by atoms with Gasteiger partial charge in [-0.2, -0.15) is 0 Å². The van der Waals surface area contributed by atoms with Crippen LogP contribution in [0.3, 0.4) is 0 Å². The molecule has 0 aromatic heterocycles. The Morgan fingerprint density at radius 3 is 2.29 bits per heavy atom. The lowest BCUT2D eigenvalue weighted by molar-refractivity contribution is 0.0941. The van der Waals surface area contributed by atoms with Crippen LogP contribution in [0.2, 0.25) is 0 Å². The molecule has 0 unspecified atom stereocenters. The fraction of sp³-hybridized carbons (Fsp3) is 0.0741. The van der Waals surface area contributed by atoms with Crippen molar-refractivity contribution in [3.8, 4) is 0 Å². The zero-order chi connectivity index (χ0) is 23.7. The standard InChI is InChI=1S/C27H23N3O3S/c1-19(21-7-3-2-4-8-21)17-28-29-27(31)23-15-13-20(14-16-23)18-30-24-11-5-9-22-10-6-12-25(26(22)24)34(30,32)33/h2-17,28H,18H2,1H3,(H,29,31)/b19-17-. The predicted molar refractivity (Wildman–Crippen MR) is 134 cm³/mol. The Morgan fingerprint density at radius 1 is 0.853 bits per heavy atom. The molecule has 0 saturated heterocycles. The first-order valence-corrected chi connectivity index (χ1v) is 12.3. The Labute approximate surface area is 198 Å². The van der Waals surface area contributed by atoms with E-state index in [1.165, 1.54) is 4.31 Å².